The first kappa shape index (κ1) is 13.1. The Bertz CT molecular complexity index is 570. The van der Waals surface area contributed by atoms with E-state index in [0.717, 1.165) is 28.3 Å². The molecule has 0 aromatic carbocycles. The smallest absolute Gasteiger partial charge is 0.269 e. The first-order valence-corrected chi connectivity index (χ1v) is 5.86. The minimum atomic E-state index is -4.36. The number of aryl methyl sites for hydroxylation is 2. The van der Waals surface area contributed by atoms with Gasteiger partial charge in [-0.2, -0.15) is 23.4 Å². The molecule has 2 heterocycles. The summed E-state index contributed by atoms with van der Waals surface area (Å²) in [6, 6.07) is 0. The zero-order valence-corrected chi connectivity index (χ0v) is 11.2. The van der Waals surface area contributed by atoms with E-state index >= 15 is 0 Å². The average Bonchev–Trinajstić information content (AvgIpc) is 2.80. The summed E-state index contributed by atoms with van der Waals surface area (Å²) in [5.41, 5.74) is 0.803. The van der Waals surface area contributed by atoms with Crippen LogP contribution in [0.3, 0.4) is 0 Å². The van der Waals surface area contributed by atoms with E-state index in [9.17, 15) is 13.2 Å². The molecule has 2 rings (SSSR count). The Morgan fingerprint density at radius 1 is 1.39 bits per heavy atom. The topological polar surface area (TPSA) is 35.6 Å². The zero-order valence-electron chi connectivity index (χ0n) is 9.66. The molecular formula is C10H10BrF3N4. The fraction of sp³-hybridized carbons (Fsp3) is 0.400. The van der Waals surface area contributed by atoms with Gasteiger partial charge in [-0.3, -0.25) is 9.36 Å². The van der Waals surface area contributed by atoms with Gasteiger partial charge in [-0.25, -0.2) is 0 Å². The molecule has 0 radical (unpaired) electrons. The molecule has 98 valence electrons. The fourth-order valence-corrected chi connectivity index (χ4v) is 2.06. The number of rotatable bonds is 2. The van der Waals surface area contributed by atoms with E-state index in [1.54, 1.807) is 11.7 Å². The van der Waals surface area contributed by atoms with Crippen LogP contribution in [0.5, 0.6) is 0 Å². The quantitative estimate of drug-likeness (QED) is 0.852. The van der Waals surface area contributed by atoms with Crippen molar-refractivity contribution in [2.45, 2.75) is 19.6 Å². The summed E-state index contributed by atoms with van der Waals surface area (Å²) in [5.74, 6) is 0. The van der Waals surface area contributed by atoms with Crippen LogP contribution in [-0.2, 0) is 19.8 Å². The van der Waals surface area contributed by atoms with E-state index in [1.807, 2.05) is 6.92 Å². The molecule has 8 heteroatoms. The summed E-state index contributed by atoms with van der Waals surface area (Å²) >= 11 is 3.36. The first-order chi connectivity index (χ1) is 8.29. The summed E-state index contributed by atoms with van der Waals surface area (Å²) in [5, 5.41) is 7.87. The SMILES string of the molecule is Cc1nn(C)c(Cn2cc(C(F)(F)F)cn2)c1Br. The Morgan fingerprint density at radius 2 is 2.06 bits per heavy atom. The standard InChI is InChI=1S/C10H10BrF3N4/c1-6-9(11)8(17(2)16-6)5-18-4-7(3-15-18)10(12,13)14/h3-4H,5H2,1-2H3. The van der Waals surface area contributed by atoms with Gasteiger partial charge in [0, 0.05) is 13.2 Å². The maximum absolute atomic E-state index is 12.4. The monoisotopic (exact) mass is 322 g/mol. The third kappa shape index (κ3) is 2.43. The van der Waals surface area contributed by atoms with Crippen LogP contribution >= 0.6 is 15.9 Å². The molecule has 0 bridgehead atoms. The minimum absolute atomic E-state index is 0.230. The van der Waals surface area contributed by atoms with Gasteiger partial charge in [0.25, 0.3) is 0 Å². The second-order valence-corrected chi connectivity index (χ2v) is 4.69. The molecule has 0 aliphatic rings. The summed E-state index contributed by atoms with van der Waals surface area (Å²) < 4.78 is 40.9. The van der Waals surface area contributed by atoms with Crippen LogP contribution in [0.4, 0.5) is 13.2 Å². The average molecular weight is 323 g/mol. The van der Waals surface area contributed by atoms with Gasteiger partial charge < -0.3 is 0 Å². The van der Waals surface area contributed by atoms with Gasteiger partial charge in [0.05, 0.1) is 34.2 Å². The van der Waals surface area contributed by atoms with Crippen molar-refractivity contribution in [1.29, 1.82) is 0 Å². The van der Waals surface area contributed by atoms with Crippen molar-refractivity contribution in [3.63, 3.8) is 0 Å². The highest BCUT2D eigenvalue weighted by Crippen LogP contribution is 2.29. The summed E-state index contributed by atoms with van der Waals surface area (Å²) in [6.45, 7) is 2.05. The number of hydrogen-bond donors (Lipinski definition) is 0. The predicted molar refractivity (Wildman–Crippen MR) is 62.0 cm³/mol. The van der Waals surface area contributed by atoms with Crippen molar-refractivity contribution in [3.8, 4) is 0 Å². The van der Waals surface area contributed by atoms with E-state index < -0.39 is 11.7 Å². The molecule has 0 aliphatic heterocycles. The molecule has 0 aliphatic carbocycles. The number of nitrogens with zero attached hydrogens (tertiary/aromatic N) is 4. The van der Waals surface area contributed by atoms with Crippen LogP contribution in [0.2, 0.25) is 0 Å². The molecule has 0 saturated heterocycles. The Labute approximate surface area is 110 Å². The Balaban J connectivity index is 2.27. The van der Waals surface area contributed by atoms with Gasteiger partial charge in [0.1, 0.15) is 0 Å². The lowest BCUT2D eigenvalue weighted by atomic mass is 10.3. The first-order valence-electron chi connectivity index (χ1n) is 5.06. The summed E-state index contributed by atoms with van der Waals surface area (Å²) in [6.07, 6.45) is -2.57. The second kappa shape index (κ2) is 4.42. The third-order valence-corrected chi connectivity index (χ3v) is 3.57. The van der Waals surface area contributed by atoms with Crippen molar-refractivity contribution < 1.29 is 13.2 Å². The van der Waals surface area contributed by atoms with E-state index in [0.29, 0.717) is 0 Å². The second-order valence-electron chi connectivity index (χ2n) is 3.89. The summed E-state index contributed by atoms with van der Waals surface area (Å²) in [4.78, 5) is 0. The van der Waals surface area contributed by atoms with Crippen molar-refractivity contribution >= 4 is 15.9 Å². The van der Waals surface area contributed by atoms with Gasteiger partial charge in [-0.15, -0.1) is 0 Å². The van der Waals surface area contributed by atoms with E-state index in [2.05, 4.69) is 26.1 Å². The highest BCUT2D eigenvalue weighted by atomic mass is 79.9. The Hall–Kier alpha value is -1.31. The van der Waals surface area contributed by atoms with Gasteiger partial charge in [0.2, 0.25) is 0 Å². The van der Waals surface area contributed by atoms with Crippen molar-refractivity contribution in [3.05, 3.63) is 33.8 Å². The van der Waals surface area contributed by atoms with Crippen LogP contribution in [-0.4, -0.2) is 19.6 Å². The number of alkyl halides is 3. The molecule has 0 amide bonds. The Kier molecular flexibility index (Phi) is 3.22. The molecular weight excluding hydrogens is 313 g/mol. The van der Waals surface area contributed by atoms with Gasteiger partial charge in [-0.1, -0.05) is 0 Å². The number of halogens is 4. The molecule has 2 aromatic rings. The molecule has 0 spiro atoms. The normalized spacial score (nSPS) is 12.1. The van der Waals surface area contributed by atoms with Crippen LogP contribution in [0, 0.1) is 6.92 Å². The molecule has 0 atom stereocenters. The lowest BCUT2D eigenvalue weighted by molar-refractivity contribution is -0.137. The third-order valence-electron chi connectivity index (χ3n) is 2.53. The van der Waals surface area contributed by atoms with Gasteiger partial charge in [0.15, 0.2) is 0 Å². The summed E-state index contributed by atoms with van der Waals surface area (Å²) in [7, 11) is 1.74. The highest BCUT2D eigenvalue weighted by molar-refractivity contribution is 9.10. The molecule has 0 fully saturated rings. The van der Waals surface area contributed by atoms with Crippen molar-refractivity contribution in [1.82, 2.24) is 19.6 Å². The van der Waals surface area contributed by atoms with Crippen LogP contribution in [0.25, 0.3) is 0 Å². The Morgan fingerprint density at radius 3 is 2.50 bits per heavy atom. The molecule has 18 heavy (non-hydrogen) atoms. The molecule has 0 N–H and O–H groups in total. The largest absolute Gasteiger partial charge is 0.419 e. The van der Waals surface area contributed by atoms with Crippen LogP contribution < -0.4 is 0 Å². The predicted octanol–water partition coefficient (Wildman–Crippen LogP) is 2.75. The van der Waals surface area contributed by atoms with Crippen LogP contribution in [0.15, 0.2) is 16.9 Å². The number of aromatic nitrogens is 4. The molecule has 4 nitrogen and oxygen atoms in total. The lowest BCUT2D eigenvalue weighted by Gasteiger charge is -2.04. The number of hydrogen-bond acceptors (Lipinski definition) is 2. The van der Waals surface area contributed by atoms with Gasteiger partial charge in [-0.05, 0) is 22.9 Å². The minimum Gasteiger partial charge on any atom is -0.269 e. The van der Waals surface area contributed by atoms with Crippen LogP contribution in [0.1, 0.15) is 17.0 Å². The molecule has 2 aromatic heterocycles. The van der Waals surface area contributed by atoms with Gasteiger partial charge >= 0.3 is 6.18 Å². The zero-order chi connectivity index (χ0) is 13.5. The maximum Gasteiger partial charge on any atom is 0.419 e. The lowest BCUT2D eigenvalue weighted by Crippen LogP contribution is -2.07. The molecule has 0 unspecified atom stereocenters. The highest BCUT2D eigenvalue weighted by Gasteiger charge is 2.32. The van der Waals surface area contributed by atoms with E-state index in [1.165, 1.54) is 4.68 Å². The van der Waals surface area contributed by atoms with E-state index in [4.69, 9.17) is 0 Å². The fourth-order valence-electron chi connectivity index (χ4n) is 1.60. The maximum atomic E-state index is 12.4. The van der Waals surface area contributed by atoms with Crippen molar-refractivity contribution in [2.24, 2.45) is 7.05 Å². The van der Waals surface area contributed by atoms with Crippen molar-refractivity contribution in [2.75, 3.05) is 0 Å². The molecule has 0 saturated carbocycles. The van der Waals surface area contributed by atoms with E-state index in [-0.39, 0.29) is 6.54 Å².